The summed E-state index contributed by atoms with van der Waals surface area (Å²) < 4.78 is 7.28. The van der Waals surface area contributed by atoms with E-state index in [0.29, 0.717) is 44.0 Å². The lowest BCUT2D eigenvalue weighted by Crippen LogP contribution is -2.48. The number of amides is 1. The molecule has 9 heteroatoms. The average molecular weight is 461 g/mol. The van der Waals surface area contributed by atoms with Crippen LogP contribution in [0.1, 0.15) is 24.1 Å². The summed E-state index contributed by atoms with van der Waals surface area (Å²) in [7, 11) is 0. The Bertz CT molecular complexity index is 1120. The molecule has 4 rings (SSSR count). The molecule has 1 aliphatic heterocycles. The number of halogens is 1. The predicted octanol–water partition coefficient (Wildman–Crippen LogP) is 3.22. The molecule has 0 saturated carbocycles. The van der Waals surface area contributed by atoms with Gasteiger partial charge in [0.2, 0.25) is 5.91 Å². The number of ether oxygens (including phenoxy) is 1. The van der Waals surface area contributed by atoms with Crippen molar-refractivity contribution in [1.29, 1.82) is 0 Å². The van der Waals surface area contributed by atoms with Gasteiger partial charge in [0.15, 0.2) is 4.96 Å². The summed E-state index contributed by atoms with van der Waals surface area (Å²) in [5, 5.41) is 2.58. The number of carbonyl (C=O) groups is 1. The molecule has 1 amide bonds. The maximum absolute atomic E-state index is 12.5. The molecule has 0 unspecified atom stereocenters. The van der Waals surface area contributed by atoms with Crippen molar-refractivity contribution in [2.24, 2.45) is 0 Å². The van der Waals surface area contributed by atoms with E-state index in [2.05, 4.69) is 9.88 Å². The fraction of sp³-hybridized carbons (Fsp3) is 0.409. The molecule has 2 aromatic heterocycles. The third-order valence-corrected chi connectivity index (χ3v) is 6.58. The number of thiazole rings is 1. The number of hydrogen-bond acceptors (Lipinski definition) is 6. The fourth-order valence-corrected chi connectivity index (χ4v) is 4.49. The van der Waals surface area contributed by atoms with Crippen LogP contribution in [0.5, 0.6) is 5.75 Å². The molecular weight excluding hydrogens is 436 g/mol. The molecule has 7 nitrogen and oxygen atoms in total. The summed E-state index contributed by atoms with van der Waals surface area (Å²) in [6.07, 6.45) is 2.89. The summed E-state index contributed by atoms with van der Waals surface area (Å²) in [4.78, 5) is 34.1. The molecule has 1 aromatic carbocycles. The van der Waals surface area contributed by atoms with Crippen molar-refractivity contribution in [3.05, 3.63) is 62.5 Å². The summed E-state index contributed by atoms with van der Waals surface area (Å²) in [5.41, 5.74) is 1.71. The lowest BCUT2D eigenvalue weighted by atomic mass is 10.2. The van der Waals surface area contributed by atoms with Crippen LogP contribution in [0, 0.1) is 6.92 Å². The van der Waals surface area contributed by atoms with E-state index in [4.69, 9.17) is 16.3 Å². The Morgan fingerprint density at radius 3 is 2.81 bits per heavy atom. The van der Waals surface area contributed by atoms with Crippen LogP contribution in [0.25, 0.3) is 4.96 Å². The van der Waals surface area contributed by atoms with Gasteiger partial charge in [-0.15, -0.1) is 11.3 Å². The van der Waals surface area contributed by atoms with Crippen LogP contribution in [0.4, 0.5) is 0 Å². The van der Waals surface area contributed by atoms with Gasteiger partial charge in [-0.25, -0.2) is 4.98 Å². The maximum Gasteiger partial charge on any atom is 0.258 e. The lowest BCUT2D eigenvalue weighted by Gasteiger charge is -2.34. The van der Waals surface area contributed by atoms with Crippen molar-refractivity contribution in [2.45, 2.75) is 26.3 Å². The van der Waals surface area contributed by atoms with Gasteiger partial charge in [0, 0.05) is 61.8 Å². The topological polar surface area (TPSA) is 67.2 Å². The van der Waals surface area contributed by atoms with Gasteiger partial charge in [0.25, 0.3) is 5.56 Å². The summed E-state index contributed by atoms with van der Waals surface area (Å²) >= 11 is 7.48. The molecule has 0 bridgehead atoms. The van der Waals surface area contributed by atoms with Crippen LogP contribution >= 0.6 is 22.9 Å². The van der Waals surface area contributed by atoms with Gasteiger partial charge in [-0.1, -0.05) is 11.6 Å². The predicted molar refractivity (Wildman–Crippen MR) is 122 cm³/mol. The Morgan fingerprint density at radius 1 is 1.23 bits per heavy atom. The molecule has 31 heavy (non-hydrogen) atoms. The number of hydrogen-bond donors (Lipinski definition) is 0. The lowest BCUT2D eigenvalue weighted by molar-refractivity contribution is -0.133. The minimum absolute atomic E-state index is 0.0500. The minimum atomic E-state index is -0.0500. The van der Waals surface area contributed by atoms with Crippen molar-refractivity contribution < 1.29 is 9.53 Å². The third-order valence-electron chi connectivity index (χ3n) is 5.40. The first-order valence-electron chi connectivity index (χ1n) is 10.3. The Labute approximate surface area is 189 Å². The molecule has 1 saturated heterocycles. The van der Waals surface area contributed by atoms with Gasteiger partial charge in [0.05, 0.1) is 12.3 Å². The van der Waals surface area contributed by atoms with Crippen LogP contribution in [0.2, 0.25) is 5.02 Å². The van der Waals surface area contributed by atoms with E-state index in [9.17, 15) is 9.59 Å². The van der Waals surface area contributed by atoms with Crippen molar-refractivity contribution in [3.63, 3.8) is 0 Å². The second-order valence-corrected chi connectivity index (χ2v) is 8.94. The molecule has 0 radical (unpaired) electrons. The molecule has 3 heterocycles. The van der Waals surface area contributed by atoms with Gasteiger partial charge in [-0.05, 0) is 37.1 Å². The number of carbonyl (C=O) groups excluding carboxylic acids is 1. The molecule has 0 aliphatic carbocycles. The molecule has 0 N–H and O–H groups in total. The fourth-order valence-electron chi connectivity index (χ4n) is 3.63. The number of piperazine rings is 1. The monoisotopic (exact) mass is 460 g/mol. The highest BCUT2D eigenvalue weighted by atomic mass is 35.5. The highest BCUT2D eigenvalue weighted by molar-refractivity contribution is 7.15. The molecular formula is C22H25ClN4O3S. The number of aryl methyl sites for hydroxylation is 1. The van der Waals surface area contributed by atoms with Gasteiger partial charge in [-0.3, -0.25) is 18.9 Å². The van der Waals surface area contributed by atoms with E-state index in [1.165, 1.54) is 11.3 Å². The van der Waals surface area contributed by atoms with Crippen LogP contribution in [-0.2, 0) is 11.3 Å². The van der Waals surface area contributed by atoms with Crippen LogP contribution in [-0.4, -0.2) is 57.9 Å². The molecule has 164 valence electrons. The zero-order valence-corrected chi connectivity index (χ0v) is 19.0. The standard InChI is InChI=1S/C22H25ClN4O3S/c1-16-13-18(4-5-19(16)23)30-11-2-3-20(28)26-8-6-25(7-9-26)15-17-14-21(29)27-10-12-31-22(27)24-17/h4-5,10,12-14H,2-3,6-9,11,15H2,1H3. The van der Waals surface area contributed by atoms with Gasteiger partial charge < -0.3 is 9.64 Å². The van der Waals surface area contributed by atoms with Crippen molar-refractivity contribution in [3.8, 4) is 5.75 Å². The van der Waals surface area contributed by atoms with Crippen molar-refractivity contribution in [2.75, 3.05) is 32.8 Å². The Kier molecular flexibility index (Phi) is 6.89. The van der Waals surface area contributed by atoms with Crippen LogP contribution in [0.3, 0.4) is 0 Å². The third kappa shape index (κ3) is 5.44. The largest absolute Gasteiger partial charge is 0.494 e. The van der Waals surface area contributed by atoms with Crippen molar-refractivity contribution >= 4 is 33.8 Å². The van der Waals surface area contributed by atoms with E-state index in [1.54, 1.807) is 16.7 Å². The van der Waals surface area contributed by atoms with Gasteiger partial charge in [0.1, 0.15) is 5.75 Å². The average Bonchev–Trinajstić information content (AvgIpc) is 3.23. The van der Waals surface area contributed by atoms with Gasteiger partial charge in [-0.2, -0.15) is 0 Å². The first-order chi connectivity index (χ1) is 15.0. The first-order valence-corrected chi connectivity index (χ1v) is 11.6. The second-order valence-electron chi connectivity index (χ2n) is 7.66. The summed E-state index contributed by atoms with van der Waals surface area (Å²) in [6, 6.07) is 7.17. The number of aromatic nitrogens is 2. The highest BCUT2D eigenvalue weighted by Crippen LogP contribution is 2.21. The maximum atomic E-state index is 12.5. The minimum Gasteiger partial charge on any atom is -0.494 e. The number of rotatable bonds is 7. The summed E-state index contributed by atoms with van der Waals surface area (Å²) in [5.74, 6) is 0.934. The van der Waals surface area contributed by atoms with E-state index in [0.717, 1.165) is 35.1 Å². The van der Waals surface area contributed by atoms with E-state index in [-0.39, 0.29) is 11.5 Å². The van der Waals surface area contributed by atoms with E-state index in [1.807, 2.05) is 35.4 Å². The Hall–Kier alpha value is -2.42. The van der Waals surface area contributed by atoms with E-state index >= 15 is 0 Å². The quantitative estimate of drug-likeness (QED) is 0.506. The van der Waals surface area contributed by atoms with E-state index < -0.39 is 0 Å². The SMILES string of the molecule is Cc1cc(OCCCC(=O)N2CCN(Cc3cc(=O)n4ccsc4n3)CC2)ccc1Cl. The van der Waals surface area contributed by atoms with Crippen molar-refractivity contribution in [1.82, 2.24) is 19.2 Å². The zero-order chi connectivity index (χ0) is 21.8. The zero-order valence-electron chi connectivity index (χ0n) is 17.4. The molecule has 0 spiro atoms. The molecule has 1 aliphatic rings. The number of benzene rings is 1. The second kappa shape index (κ2) is 9.80. The smallest absolute Gasteiger partial charge is 0.258 e. The Morgan fingerprint density at radius 2 is 2.03 bits per heavy atom. The Balaban J connectivity index is 1.19. The normalized spacial score (nSPS) is 14.8. The molecule has 3 aromatic rings. The molecule has 0 atom stereocenters. The molecule has 1 fully saturated rings. The van der Waals surface area contributed by atoms with Gasteiger partial charge >= 0.3 is 0 Å². The number of nitrogens with zero attached hydrogens (tertiary/aromatic N) is 4. The summed E-state index contributed by atoms with van der Waals surface area (Å²) in [6.45, 7) is 5.99. The van der Waals surface area contributed by atoms with Crippen LogP contribution < -0.4 is 10.3 Å². The van der Waals surface area contributed by atoms with Crippen LogP contribution in [0.15, 0.2) is 40.6 Å². The highest BCUT2D eigenvalue weighted by Gasteiger charge is 2.21. The first kappa shape index (κ1) is 21.8. The number of fused-ring (bicyclic) bond motifs is 1.